The summed E-state index contributed by atoms with van der Waals surface area (Å²) >= 11 is 1.47. The van der Waals surface area contributed by atoms with E-state index in [4.69, 9.17) is 5.73 Å². The molecule has 1 aromatic carbocycles. The van der Waals surface area contributed by atoms with Gasteiger partial charge in [0.2, 0.25) is 4.96 Å². The van der Waals surface area contributed by atoms with Crippen molar-refractivity contribution in [3.63, 3.8) is 0 Å². The summed E-state index contributed by atoms with van der Waals surface area (Å²) in [5.74, 6) is 1.10. The van der Waals surface area contributed by atoms with Crippen LogP contribution in [0.4, 0.5) is 0 Å². The van der Waals surface area contributed by atoms with Crippen molar-refractivity contribution in [2.24, 2.45) is 5.73 Å². The Kier molecular flexibility index (Phi) is 3.37. The van der Waals surface area contributed by atoms with E-state index in [0.29, 0.717) is 6.42 Å². The second-order valence-corrected chi connectivity index (χ2v) is 5.57. The molecule has 0 spiro atoms. The highest BCUT2D eigenvalue weighted by Crippen LogP contribution is 2.23. The lowest BCUT2D eigenvalue weighted by Gasteiger charge is -2.07. The van der Waals surface area contributed by atoms with E-state index in [2.05, 4.69) is 15.3 Å². The van der Waals surface area contributed by atoms with Crippen molar-refractivity contribution >= 4 is 16.3 Å². The van der Waals surface area contributed by atoms with Crippen LogP contribution in [0.3, 0.4) is 0 Å². The van der Waals surface area contributed by atoms with E-state index in [9.17, 15) is 5.11 Å². The molecule has 104 valence electrons. The summed E-state index contributed by atoms with van der Waals surface area (Å²) < 4.78 is 1.76. The van der Waals surface area contributed by atoms with Gasteiger partial charge in [0.1, 0.15) is 10.8 Å². The monoisotopic (exact) mass is 289 g/mol. The lowest BCUT2D eigenvalue weighted by molar-refractivity contribution is 0.475. The van der Waals surface area contributed by atoms with Crippen LogP contribution in [0, 0.1) is 0 Å². The summed E-state index contributed by atoms with van der Waals surface area (Å²) in [5.41, 5.74) is 7.27. The summed E-state index contributed by atoms with van der Waals surface area (Å²) in [6.45, 7) is 2.02. The molecular weight excluding hydrogens is 274 g/mol. The SMILES string of the molecule is CCc1nnc2sc(C(N)Cc3ccc(O)cc3)nn12. The largest absolute Gasteiger partial charge is 0.508 e. The van der Waals surface area contributed by atoms with Gasteiger partial charge in [-0.15, -0.1) is 10.2 Å². The highest BCUT2D eigenvalue weighted by atomic mass is 32.1. The minimum absolute atomic E-state index is 0.184. The van der Waals surface area contributed by atoms with Gasteiger partial charge in [0.15, 0.2) is 5.82 Å². The van der Waals surface area contributed by atoms with Crippen LogP contribution in [0.2, 0.25) is 0 Å². The molecule has 1 unspecified atom stereocenters. The van der Waals surface area contributed by atoms with Gasteiger partial charge in [-0.2, -0.15) is 9.61 Å². The molecule has 3 aromatic rings. The Morgan fingerprint density at radius 2 is 2.05 bits per heavy atom. The van der Waals surface area contributed by atoms with Crippen LogP contribution in [0.25, 0.3) is 4.96 Å². The number of fused-ring (bicyclic) bond motifs is 1. The van der Waals surface area contributed by atoms with Crippen molar-refractivity contribution in [2.45, 2.75) is 25.8 Å². The Morgan fingerprint density at radius 3 is 2.75 bits per heavy atom. The van der Waals surface area contributed by atoms with Crippen LogP contribution in [-0.4, -0.2) is 24.9 Å². The molecule has 0 fully saturated rings. The number of phenolic OH excluding ortho intramolecular Hbond substituents is 1. The zero-order chi connectivity index (χ0) is 14.1. The van der Waals surface area contributed by atoms with Crippen LogP contribution in [-0.2, 0) is 12.8 Å². The Hall–Kier alpha value is -1.99. The van der Waals surface area contributed by atoms with Crippen molar-refractivity contribution in [3.05, 3.63) is 40.7 Å². The minimum atomic E-state index is -0.184. The second kappa shape index (κ2) is 5.18. The van der Waals surface area contributed by atoms with Gasteiger partial charge in [0, 0.05) is 6.42 Å². The van der Waals surface area contributed by atoms with E-state index < -0.39 is 0 Å². The number of nitrogens with zero attached hydrogens (tertiary/aromatic N) is 4. The van der Waals surface area contributed by atoms with E-state index in [0.717, 1.165) is 27.8 Å². The second-order valence-electron chi connectivity index (χ2n) is 4.58. The molecule has 0 aliphatic heterocycles. The molecule has 6 nitrogen and oxygen atoms in total. The number of aryl methyl sites for hydroxylation is 1. The maximum atomic E-state index is 9.27. The number of phenols is 1. The third-order valence-corrected chi connectivity index (χ3v) is 4.13. The first-order valence-corrected chi connectivity index (χ1v) is 7.23. The lowest BCUT2D eigenvalue weighted by Crippen LogP contribution is -2.13. The average Bonchev–Trinajstić information content (AvgIpc) is 3.01. The number of aromatic nitrogens is 4. The maximum Gasteiger partial charge on any atom is 0.234 e. The van der Waals surface area contributed by atoms with Crippen LogP contribution in [0.1, 0.15) is 29.4 Å². The third kappa shape index (κ3) is 2.37. The zero-order valence-electron chi connectivity index (χ0n) is 11.0. The molecule has 0 bridgehead atoms. The van der Waals surface area contributed by atoms with Crippen molar-refractivity contribution in [3.8, 4) is 5.75 Å². The summed E-state index contributed by atoms with van der Waals surface area (Å²) in [7, 11) is 0. The standard InChI is InChI=1S/C13H15N5OS/c1-2-11-15-16-13-18(11)17-12(20-13)10(14)7-8-3-5-9(19)6-4-8/h3-6,10,19H,2,7,14H2,1H3. The molecule has 2 heterocycles. The molecule has 0 amide bonds. The van der Waals surface area contributed by atoms with Crippen LogP contribution < -0.4 is 5.73 Å². The van der Waals surface area contributed by atoms with Gasteiger partial charge in [-0.1, -0.05) is 30.4 Å². The number of nitrogens with two attached hydrogens (primary N) is 1. The minimum Gasteiger partial charge on any atom is -0.508 e. The maximum absolute atomic E-state index is 9.27. The van der Waals surface area contributed by atoms with Gasteiger partial charge < -0.3 is 10.8 Å². The molecule has 3 rings (SSSR count). The average molecular weight is 289 g/mol. The Morgan fingerprint density at radius 1 is 1.30 bits per heavy atom. The molecule has 0 aliphatic carbocycles. The Balaban J connectivity index is 1.82. The molecule has 0 saturated carbocycles. The van der Waals surface area contributed by atoms with Crippen molar-refractivity contribution in [1.29, 1.82) is 0 Å². The number of aromatic hydroxyl groups is 1. The number of hydrogen-bond acceptors (Lipinski definition) is 6. The molecule has 0 aliphatic rings. The van der Waals surface area contributed by atoms with E-state index in [1.807, 2.05) is 19.1 Å². The molecule has 0 radical (unpaired) electrons. The first kappa shape index (κ1) is 13.0. The summed E-state index contributed by atoms with van der Waals surface area (Å²) in [5, 5.41) is 22.8. The van der Waals surface area contributed by atoms with Gasteiger partial charge in [-0.25, -0.2) is 0 Å². The van der Waals surface area contributed by atoms with Crippen LogP contribution in [0.5, 0.6) is 5.75 Å². The highest BCUT2D eigenvalue weighted by Gasteiger charge is 2.16. The lowest BCUT2D eigenvalue weighted by atomic mass is 10.1. The molecule has 7 heteroatoms. The molecule has 1 atom stereocenters. The first-order chi connectivity index (χ1) is 9.67. The number of benzene rings is 1. The highest BCUT2D eigenvalue weighted by molar-refractivity contribution is 7.16. The van der Waals surface area contributed by atoms with E-state index in [1.54, 1.807) is 16.6 Å². The van der Waals surface area contributed by atoms with Crippen LogP contribution in [0.15, 0.2) is 24.3 Å². The Labute approximate surface area is 119 Å². The fourth-order valence-electron chi connectivity index (χ4n) is 2.02. The predicted molar refractivity (Wildman–Crippen MR) is 76.8 cm³/mol. The predicted octanol–water partition coefficient (Wildman–Crippen LogP) is 1.70. The zero-order valence-corrected chi connectivity index (χ0v) is 11.8. The van der Waals surface area contributed by atoms with Gasteiger partial charge in [0.25, 0.3) is 0 Å². The van der Waals surface area contributed by atoms with Crippen LogP contribution >= 0.6 is 11.3 Å². The normalized spacial score (nSPS) is 12.9. The van der Waals surface area contributed by atoms with E-state index in [-0.39, 0.29) is 11.8 Å². The number of rotatable bonds is 4. The van der Waals surface area contributed by atoms with Crippen molar-refractivity contribution in [2.75, 3.05) is 0 Å². The third-order valence-electron chi connectivity index (χ3n) is 3.10. The molecule has 0 saturated heterocycles. The smallest absolute Gasteiger partial charge is 0.234 e. The molecule has 2 aromatic heterocycles. The van der Waals surface area contributed by atoms with E-state index in [1.165, 1.54) is 11.3 Å². The Bertz CT molecular complexity index is 718. The first-order valence-electron chi connectivity index (χ1n) is 6.42. The van der Waals surface area contributed by atoms with E-state index >= 15 is 0 Å². The molecular formula is C13H15N5OS. The number of hydrogen-bond donors (Lipinski definition) is 2. The summed E-state index contributed by atoms with van der Waals surface area (Å²) in [6.07, 6.45) is 1.46. The van der Waals surface area contributed by atoms with Crippen molar-refractivity contribution < 1.29 is 5.11 Å². The van der Waals surface area contributed by atoms with Gasteiger partial charge in [-0.3, -0.25) is 0 Å². The topological polar surface area (TPSA) is 89.3 Å². The van der Waals surface area contributed by atoms with Gasteiger partial charge in [0.05, 0.1) is 6.04 Å². The fourth-order valence-corrected chi connectivity index (χ4v) is 2.87. The van der Waals surface area contributed by atoms with Crippen molar-refractivity contribution in [1.82, 2.24) is 19.8 Å². The molecule has 20 heavy (non-hydrogen) atoms. The summed E-state index contributed by atoms with van der Waals surface area (Å²) in [4.78, 5) is 0.776. The van der Waals surface area contributed by atoms with Gasteiger partial charge in [-0.05, 0) is 24.1 Å². The van der Waals surface area contributed by atoms with Gasteiger partial charge >= 0.3 is 0 Å². The summed E-state index contributed by atoms with van der Waals surface area (Å²) in [6, 6.07) is 6.88. The molecule has 3 N–H and O–H groups in total. The fraction of sp³-hybridized carbons (Fsp3) is 0.308. The quantitative estimate of drug-likeness (QED) is 0.763.